The number of rotatable bonds is 5. The molecule has 4 heteroatoms. The number of fused-ring (bicyclic) bond motifs is 1. The van der Waals surface area contributed by atoms with E-state index in [9.17, 15) is 4.79 Å². The molecule has 0 bridgehead atoms. The Balaban J connectivity index is 1.75. The summed E-state index contributed by atoms with van der Waals surface area (Å²) in [6.07, 6.45) is 3.64. The fourth-order valence-corrected chi connectivity index (χ4v) is 3.50. The van der Waals surface area contributed by atoms with E-state index in [1.165, 1.54) is 0 Å². The van der Waals surface area contributed by atoms with E-state index >= 15 is 0 Å². The Labute approximate surface area is 137 Å². The van der Waals surface area contributed by atoms with Gasteiger partial charge in [-0.05, 0) is 36.8 Å². The minimum Gasteiger partial charge on any atom is -0.440 e. The molecule has 1 aromatic carbocycles. The molecule has 0 aliphatic heterocycles. The largest absolute Gasteiger partial charge is 0.440 e. The van der Waals surface area contributed by atoms with Crippen LogP contribution in [0.25, 0.3) is 11.1 Å². The lowest BCUT2D eigenvalue weighted by Gasteiger charge is -2.19. The van der Waals surface area contributed by atoms with Crippen LogP contribution >= 0.6 is 0 Å². The van der Waals surface area contributed by atoms with Crippen molar-refractivity contribution in [3.8, 4) is 0 Å². The number of carbonyl (C=O) groups excluding carboxylic acids is 1. The van der Waals surface area contributed by atoms with Crippen LogP contribution in [0.2, 0.25) is 0 Å². The SMILES string of the molecule is CCC(C)CC(=O)N[C@H]1C[C@H](C)CC1c1nc2ccccc2o1. The van der Waals surface area contributed by atoms with E-state index in [4.69, 9.17) is 4.42 Å². The molecule has 3 rings (SSSR count). The Bertz CT molecular complexity index is 646. The number of nitrogens with one attached hydrogen (secondary N) is 1. The highest BCUT2D eigenvalue weighted by molar-refractivity contribution is 5.76. The topological polar surface area (TPSA) is 55.1 Å². The van der Waals surface area contributed by atoms with Crippen LogP contribution in [0.15, 0.2) is 28.7 Å². The highest BCUT2D eigenvalue weighted by Crippen LogP contribution is 2.39. The molecule has 4 atom stereocenters. The first-order valence-electron chi connectivity index (χ1n) is 8.71. The Morgan fingerprint density at radius 1 is 1.39 bits per heavy atom. The number of amides is 1. The van der Waals surface area contributed by atoms with Crippen molar-refractivity contribution in [3.63, 3.8) is 0 Å². The number of carbonyl (C=O) groups is 1. The molecule has 124 valence electrons. The maximum Gasteiger partial charge on any atom is 0.220 e. The van der Waals surface area contributed by atoms with Crippen molar-refractivity contribution in [2.45, 2.75) is 58.4 Å². The van der Waals surface area contributed by atoms with E-state index in [0.29, 0.717) is 18.3 Å². The number of benzene rings is 1. The average molecular weight is 314 g/mol. The van der Waals surface area contributed by atoms with Gasteiger partial charge < -0.3 is 9.73 Å². The van der Waals surface area contributed by atoms with Gasteiger partial charge >= 0.3 is 0 Å². The molecular weight excluding hydrogens is 288 g/mol. The molecule has 1 saturated carbocycles. The number of para-hydroxylation sites is 2. The number of nitrogens with zero attached hydrogens (tertiary/aromatic N) is 1. The van der Waals surface area contributed by atoms with Crippen molar-refractivity contribution in [1.29, 1.82) is 0 Å². The summed E-state index contributed by atoms with van der Waals surface area (Å²) in [7, 11) is 0. The predicted octanol–water partition coefficient (Wildman–Crippen LogP) is 4.26. The van der Waals surface area contributed by atoms with Gasteiger partial charge in [-0.3, -0.25) is 4.79 Å². The second-order valence-corrected chi connectivity index (χ2v) is 7.09. The summed E-state index contributed by atoms with van der Waals surface area (Å²) in [5, 5.41) is 3.23. The van der Waals surface area contributed by atoms with Crippen LogP contribution in [0.4, 0.5) is 0 Å². The van der Waals surface area contributed by atoms with Gasteiger partial charge in [-0.15, -0.1) is 0 Å². The van der Waals surface area contributed by atoms with Gasteiger partial charge in [-0.1, -0.05) is 39.3 Å². The van der Waals surface area contributed by atoms with Crippen molar-refractivity contribution in [1.82, 2.24) is 10.3 Å². The Morgan fingerprint density at radius 3 is 2.91 bits per heavy atom. The zero-order valence-electron chi connectivity index (χ0n) is 14.2. The lowest BCUT2D eigenvalue weighted by molar-refractivity contribution is -0.122. The molecule has 1 fully saturated rings. The smallest absolute Gasteiger partial charge is 0.220 e. The lowest BCUT2D eigenvalue weighted by Crippen LogP contribution is -2.37. The van der Waals surface area contributed by atoms with Crippen LogP contribution in [0, 0.1) is 11.8 Å². The fourth-order valence-electron chi connectivity index (χ4n) is 3.50. The van der Waals surface area contributed by atoms with Crippen molar-refractivity contribution in [2.24, 2.45) is 11.8 Å². The first kappa shape index (κ1) is 16.0. The fraction of sp³-hybridized carbons (Fsp3) is 0.579. The van der Waals surface area contributed by atoms with Gasteiger partial charge in [0, 0.05) is 12.5 Å². The molecule has 4 nitrogen and oxygen atoms in total. The summed E-state index contributed by atoms with van der Waals surface area (Å²) in [4.78, 5) is 16.9. The molecule has 1 amide bonds. The van der Waals surface area contributed by atoms with Crippen LogP contribution in [0.3, 0.4) is 0 Å². The molecule has 0 spiro atoms. The summed E-state index contributed by atoms with van der Waals surface area (Å²) in [5.74, 6) is 2.10. The standard InChI is InChI=1S/C19H26N2O2/c1-4-12(2)11-18(22)20-16-10-13(3)9-14(16)19-21-15-7-5-6-8-17(15)23-19/h5-8,12-14,16H,4,9-11H2,1-3H3,(H,20,22)/t12?,13-,14?,16+/m1/s1. The van der Waals surface area contributed by atoms with E-state index in [-0.39, 0.29) is 17.9 Å². The van der Waals surface area contributed by atoms with Crippen molar-refractivity contribution in [2.75, 3.05) is 0 Å². The molecule has 1 aromatic heterocycles. The second kappa shape index (κ2) is 6.73. The van der Waals surface area contributed by atoms with Gasteiger partial charge in [0.25, 0.3) is 0 Å². The number of hydrogen-bond acceptors (Lipinski definition) is 3. The Hall–Kier alpha value is -1.84. The average Bonchev–Trinajstić information content (AvgIpc) is 3.09. The van der Waals surface area contributed by atoms with Crippen LogP contribution in [-0.2, 0) is 4.79 Å². The Morgan fingerprint density at radius 2 is 2.17 bits per heavy atom. The van der Waals surface area contributed by atoms with E-state index in [0.717, 1.165) is 36.3 Å². The van der Waals surface area contributed by atoms with Gasteiger partial charge in [0.15, 0.2) is 5.58 Å². The van der Waals surface area contributed by atoms with Crippen LogP contribution in [0.5, 0.6) is 0 Å². The molecule has 0 saturated heterocycles. The van der Waals surface area contributed by atoms with Gasteiger partial charge in [0.1, 0.15) is 5.52 Å². The summed E-state index contributed by atoms with van der Waals surface area (Å²) >= 11 is 0. The first-order valence-corrected chi connectivity index (χ1v) is 8.71. The van der Waals surface area contributed by atoms with Crippen LogP contribution < -0.4 is 5.32 Å². The maximum atomic E-state index is 12.3. The summed E-state index contributed by atoms with van der Waals surface area (Å²) in [6, 6.07) is 7.98. The third kappa shape index (κ3) is 3.57. The highest BCUT2D eigenvalue weighted by atomic mass is 16.3. The van der Waals surface area contributed by atoms with E-state index < -0.39 is 0 Å². The molecular formula is C19H26N2O2. The van der Waals surface area contributed by atoms with Crippen molar-refractivity contribution < 1.29 is 9.21 Å². The summed E-state index contributed by atoms with van der Waals surface area (Å²) in [6.45, 7) is 6.47. The molecule has 1 N–H and O–H groups in total. The van der Waals surface area contributed by atoms with Gasteiger partial charge in [0.2, 0.25) is 11.8 Å². The van der Waals surface area contributed by atoms with Crippen molar-refractivity contribution >= 4 is 17.0 Å². The number of hydrogen-bond donors (Lipinski definition) is 1. The first-order chi connectivity index (χ1) is 11.1. The van der Waals surface area contributed by atoms with Crippen LogP contribution in [0.1, 0.15) is 58.3 Å². The Kier molecular flexibility index (Phi) is 4.69. The lowest BCUT2D eigenvalue weighted by atomic mass is 10.0. The maximum absolute atomic E-state index is 12.3. The molecule has 23 heavy (non-hydrogen) atoms. The zero-order chi connectivity index (χ0) is 16.4. The molecule has 0 radical (unpaired) electrons. The molecule has 1 heterocycles. The van der Waals surface area contributed by atoms with Crippen molar-refractivity contribution in [3.05, 3.63) is 30.2 Å². The second-order valence-electron chi connectivity index (χ2n) is 7.09. The minimum atomic E-state index is 0.134. The quantitative estimate of drug-likeness (QED) is 0.897. The van der Waals surface area contributed by atoms with E-state index in [1.54, 1.807) is 0 Å². The van der Waals surface area contributed by atoms with Gasteiger partial charge in [-0.2, -0.15) is 0 Å². The zero-order valence-corrected chi connectivity index (χ0v) is 14.2. The molecule has 2 aromatic rings. The van der Waals surface area contributed by atoms with Gasteiger partial charge in [-0.25, -0.2) is 4.98 Å². The molecule has 1 aliphatic rings. The monoisotopic (exact) mass is 314 g/mol. The minimum absolute atomic E-state index is 0.134. The van der Waals surface area contributed by atoms with E-state index in [2.05, 4.69) is 31.1 Å². The van der Waals surface area contributed by atoms with E-state index in [1.807, 2.05) is 24.3 Å². The summed E-state index contributed by atoms with van der Waals surface area (Å²) < 4.78 is 5.95. The van der Waals surface area contributed by atoms with Crippen LogP contribution in [-0.4, -0.2) is 16.9 Å². The molecule has 1 aliphatic carbocycles. The highest BCUT2D eigenvalue weighted by Gasteiger charge is 2.37. The third-order valence-electron chi connectivity index (χ3n) is 5.00. The molecule has 2 unspecified atom stereocenters. The third-order valence-corrected chi connectivity index (χ3v) is 5.00. The number of aromatic nitrogens is 1. The predicted molar refractivity (Wildman–Crippen MR) is 91.2 cm³/mol. The normalized spacial score (nSPS) is 25.6. The number of oxazole rings is 1. The summed E-state index contributed by atoms with van der Waals surface area (Å²) in [5.41, 5.74) is 1.72. The van der Waals surface area contributed by atoms with Gasteiger partial charge in [0.05, 0.1) is 5.92 Å².